The largest absolute Gasteiger partial charge is 0.480 e. The number of aromatic nitrogens is 2. The van der Waals surface area contributed by atoms with E-state index in [2.05, 4.69) is 10.2 Å². The van der Waals surface area contributed by atoms with Crippen LogP contribution in [0.3, 0.4) is 0 Å². The summed E-state index contributed by atoms with van der Waals surface area (Å²) in [4.78, 5) is 10.4. The minimum absolute atomic E-state index is 0.257. The maximum atomic E-state index is 10.4. The fourth-order valence-corrected chi connectivity index (χ4v) is 1.63. The molecule has 3 N–H and O–H groups in total. The first-order valence-electron chi connectivity index (χ1n) is 3.93. The number of rotatable bonds is 4. The molecule has 0 saturated heterocycles. The molecule has 5 nitrogen and oxygen atoms in total. The van der Waals surface area contributed by atoms with Crippen LogP contribution >= 0.6 is 11.3 Å². The van der Waals surface area contributed by atoms with Gasteiger partial charge in [0.05, 0.1) is 0 Å². The molecule has 0 unspecified atom stereocenters. The summed E-state index contributed by atoms with van der Waals surface area (Å²) in [5.74, 6) is -1.01. The van der Waals surface area contributed by atoms with Gasteiger partial charge in [-0.2, -0.15) is 0 Å². The summed E-state index contributed by atoms with van der Waals surface area (Å²) in [6.07, 6.45) is 1.08. The van der Waals surface area contributed by atoms with Crippen molar-refractivity contribution in [2.45, 2.75) is 25.8 Å². The summed E-state index contributed by atoms with van der Waals surface area (Å²) >= 11 is 1.41. The van der Waals surface area contributed by atoms with Crippen LogP contribution in [0.5, 0.6) is 0 Å². The number of nitrogens with zero attached hydrogens (tertiary/aromatic N) is 2. The molecule has 0 fully saturated rings. The third kappa shape index (κ3) is 2.74. The fraction of sp³-hybridized carbons (Fsp3) is 0.571. The summed E-state index contributed by atoms with van der Waals surface area (Å²) < 4.78 is 0. The van der Waals surface area contributed by atoms with Gasteiger partial charge in [0.1, 0.15) is 16.1 Å². The summed E-state index contributed by atoms with van der Waals surface area (Å²) in [6, 6.07) is -0.877. The van der Waals surface area contributed by atoms with Gasteiger partial charge in [-0.05, 0) is 6.42 Å². The van der Waals surface area contributed by atoms with Crippen molar-refractivity contribution in [3.63, 3.8) is 0 Å². The Hall–Kier alpha value is -1.01. The Balaban J connectivity index is 2.58. The van der Waals surface area contributed by atoms with Crippen molar-refractivity contribution >= 4 is 17.3 Å². The van der Waals surface area contributed by atoms with Crippen LogP contribution < -0.4 is 5.73 Å². The molecule has 72 valence electrons. The number of hydrogen-bond acceptors (Lipinski definition) is 5. The summed E-state index contributed by atoms with van der Waals surface area (Å²) in [5.41, 5.74) is 5.34. The van der Waals surface area contributed by atoms with Gasteiger partial charge in [0.2, 0.25) is 0 Å². The van der Waals surface area contributed by atoms with E-state index in [0.717, 1.165) is 11.4 Å². The van der Waals surface area contributed by atoms with Crippen molar-refractivity contribution in [3.05, 3.63) is 10.0 Å². The third-order valence-corrected chi connectivity index (χ3v) is 2.61. The lowest BCUT2D eigenvalue weighted by atomic mass is 10.2. The van der Waals surface area contributed by atoms with Crippen LogP contribution in [0, 0.1) is 0 Å². The van der Waals surface area contributed by atoms with Crippen LogP contribution in [-0.4, -0.2) is 27.3 Å². The Bertz CT molecular complexity index is 300. The minimum atomic E-state index is -1.01. The first-order chi connectivity index (χ1) is 6.13. The predicted molar refractivity (Wildman–Crippen MR) is 48.6 cm³/mol. The zero-order valence-corrected chi connectivity index (χ0v) is 8.04. The standard InChI is InChI=1S/C7H11N3O2S/c1-2-5-9-10-6(13-5)3-4(8)7(11)12/h4H,2-3,8H2,1H3,(H,11,12)/t4-/m0/s1. The molecule has 1 heterocycles. The molecule has 0 amide bonds. The Kier molecular flexibility index (Phi) is 3.32. The molecule has 0 radical (unpaired) electrons. The lowest BCUT2D eigenvalue weighted by Gasteiger charge is -2.00. The van der Waals surface area contributed by atoms with Crippen molar-refractivity contribution in [1.29, 1.82) is 0 Å². The van der Waals surface area contributed by atoms with E-state index in [1.165, 1.54) is 11.3 Å². The van der Waals surface area contributed by atoms with Gasteiger partial charge >= 0.3 is 5.97 Å². The molecule has 13 heavy (non-hydrogen) atoms. The van der Waals surface area contributed by atoms with Gasteiger partial charge in [0.25, 0.3) is 0 Å². The monoisotopic (exact) mass is 201 g/mol. The highest BCUT2D eigenvalue weighted by Gasteiger charge is 2.14. The molecule has 0 spiro atoms. The van der Waals surface area contributed by atoms with E-state index in [4.69, 9.17) is 10.8 Å². The molecule has 0 aromatic carbocycles. The molecule has 1 aromatic rings. The van der Waals surface area contributed by atoms with E-state index >= 15 is 0 Å². The van der Waals surface area contributed by atoms with Gasteiger partial charge in [-0.15, -0.1) is 21.5 Å². The summed E-state index contributed by atoms with van der Waals surface area (Å²) in [5, 5.41) is 17.8. The predicted octanol–water partition coefficient (Wildman–Crippen LogP) is 0.0549. The second kappa shape index (κ2) is 4.29. The average molecular weight is 201 g/mol. The van der Waals surface area contributed by atoms with E-state index in [0.29, 0.717) is 5.01 Å². The number of nitrogens with two attached hydrogens (primary N) is 1. The Labute approximate surface area is 79.6 Å². The number of aliphatic carboxylic acids is 1. The van der Waals surface area contributed by atoms with Crippen LogP contribution in [0.1, 0.15) is 16.9 Å². The molecular formula is C7H11N3O2S. The van der Waals surface area contributed by atoms with Crippen molar-refractivity contribution in [2.75, 3.05) is 0 Å². The fourth-order valence-electron chi connectivity index (χ4n) is 0.789. The maximum Gasteiger partial charge on any atom is 0.320 e. The third-order valence-electron chi connectivity index (χ3n) is 1.52. The normalized spacial score (nSPS) is 12.8. The number of carboxylic acid groups (broad SMARTS) is 1. The maximum absolute atomic E-state index is 10.4. The molecule has 0 saturated carbocycles. The highest BCUT2D eigenvalue weighted by Crippen LogP contribution is 2.11. The van der Waals surface area contributed by atoms with Crippen LogP contribution in [0.4, 0.5) is 0 Å². The van der Waals surface area contributed by atoms with Gasteiger partial charge in [0.15, 0.2) is 0 Å². The molecule has 1 atom stereocenters. The Morgan fingerprint density at radius 1 is 1.62 bits per heavy atom. The lowest BCUT2D eigenvalue weighted by molar-refractivity contribution is -0.138. The highest BCUT2D eigenvalue weighted by atomic mass is 32.1. The molecule has 0 aliphatic rings. The zero-order chi connectivity index (χ0) is 9.84. The first kappa shape index (κ1) is 10.1. The minimum Gasteiger partial charge on any atom is -0.480 e. The van der Waals surface area contributed by atoms with Gasteiger partial charge in [-0.3, -0.25) is 4.79 Å². The van der Waals surface area contributed by atoms with Gasteiger partial charge < -0.3 is 10.8 Å². The van der Waals surface area contributed by atoms with Gasteiger partial charge in [0, 0.05) is 6.42 Å². The molecule has 1 rings (SSSR count). The van der Waals surface area contributed by atoms with Gasteiger partial charge in [-0.25, -0.2) is 0 Å². The number of carboxylic acids is 1. The summed E-state index contributed by atoms with van der Waals surface area (Å²) in [7, 11) is 0. The number of hydrogen-bond donors (Lipinski definition) is 2. The van der Waals surface area contributed by atoms with Crippen molar-refractivity contribution in [1.82, 2.24) is 10.2 Å². The van der Waals surface area contributed by atoms with Crippen molar-refractivity contribution in [3.8, 4) is 0 Å². The van der Waals surface area contributed by atoms with Crippen LogP contribution in [0.25, 0.3) is 0 Å². The highest BCUT2D eigenvalue weighted by molar-refractivity contribution is 7.11. The first-order valence-corrected chi connectivity index (χ1v) is 4.74. The SMILES string of the molecule is CCc1nnc(C[C@H](N)C(=O)O)s1. The van der Waals surface area contributed by atoms with E-state index in [1.54, 1.807) is 0 Å². The number of carbonyl (C=O) groups is 1. The average Bonchev–Trinajstić information content (AvgIpc) is 2.52. The van der Waals surface area contributed by atoms with Crippen LogP contribution in [0.15, 0.2) is 0 Å². The molecule has 6 heteroatoms. The van der Waals surface area contributed by atoms with E-state index in [9.17, 15) is 4.79 Å². The Morgan fingerprint density at radius 3 is 2.69 bits per heavy atom. The summed E-state index contributed by atoms with van der Waals surface area (Å²) in [6.45, 7) is 1.97. The molecule has 1 aromatic heterocycles. The second-order valence-electron chi connectivity index (χ2n) is 2.59. The number of aryl methyl sites for hydroxylation is 1. The lowest BCUT2D eigenvalue weighted by Crippen LogP contribution is -2.32. The quantitative estimate of drug-likeness (QED) is 0.718. The van der Waals surface area contributed by atoms with Crippen molar-refractivity contribution < 1.29 is 9.90 Å². The van der Waals surface area contributed by atoms with E-state index < -0.39 is 12.0 Å². The topological polar surface area (TPSA) is 89.1 Å². The molecule has 0 bridgehead atoms. The van der Waals surface area contributed by atoms with E-state index in [1.807, 2.05) is 6.92 Å². The Morgan fingerprint density at radius 2 is 2.23 bits per heavy atom. The molecular weight excluding hydrogens is 190 g/mol. The zero-order valence-electron chi connectivity index (χ0n) is 7.23. The molecule has 0 aliphatic heterocycles. The molecule has 0 aliphatic carbocycles. The van der Waals surface area contributed by atoms with Crippen LogP contribution in [-0.2, 0) is 17.6 Å². The van der Waals surface area contributed by atoms with Gasteiger partial charge in [-0.1, -0.05) is 6.92 Å². The van der Waals surface area contributed by atoms with Crippen LogP contribution in [0.2, 0.25) is 0 Å². The van der Waals surface area contributed by atoms with Crippen molar-refractivity contribution in [2.24, 2.45) is 5.73 Å². The second-order valence-corrected chi connectivity index (χ2v) is 3.74. The smallest absolute Gasteiger partial charge is 0.320 e. The van der Waals surface area contributed by atoms with E-state index in [-0.39, 0.29) is 6.42 Å².